The standard InChI is InChI=1S/C33H33NO5/c1-19-12-14-21(15-13-19)30-29-24-16-17-25(28-23(24)9-7-11-27(28)39-4)33(29,32(36)37)18-34(30)31(35)20(2)22-8-5-6-10-26(22)38-3/h5-15,24-25,29-30H,2,16-18H2,1,3-4H3,(H,36,37). The molecule has 0 aromatic heterocycles. The van der Waals surface area contributed by atoms with Gasteiger partial charge in [0.2, 0.25) is 0 Å². The lowest BCUT2D eigenvalue weighted by Crippen LogP contribution is -2.52. The zero-order chi connectivity index (χ0) is 27.5. The molecule has 3 aromatic rings. The average Bonchev–Trinajstić information content (AvgIpc) is 3.35. The Bertz CT molecular complexity index is 1480. The maximum absolute atomic E-state index is 14.4. The Labute approximate surface area is 228 Å². The monoisotopic (exact) mass is 523 g/mol. The number of amides is 1. The molecule has 1 amide bonds. The smallest absolute Gasteiger partial charge is 0.312 e. The molecule has 1 heterocycles. The van der Waals surface area contributed by atoms with Crippen molar-refractivity contribution in [3.05, 3.63) is 101 Å². The zero-order valence-electron chi connectivity index (χ0n) is 22.5. The molecule has 2 fully saturated rings. The second-order valence-electron chi connectivity index (χ2n) is 11.0. The van der Waals surface area contributed by atoms with Gasteiger partial charge < -0.3 is 19.5 Å². The predicted molar refractivity (Wildman–Crippen MR) is 149 cm³/mol. The van der Waals surface area contributed by atoms with Crippen LogP contribution in [0.5, 0.6) is 11.5 Å². The van der Waals surface area contributed by atoms with Crippen LogP contribution in [0, 0.1) is 18.3 Å². The molecule has 6 heteroatoms. The van der Waals surface area contributed by atoms with E-state index >= 15 is 0 Å². The summed E-state index contributed by atoms with van der Waals surface area (Å²) in [6.07, 6.45) is 1.62. The van der Waals surface area contributed by atoms with Crippen LogP contribution < -0.4 is 9.47 Å². The molecule has 6 nitrogen and oxygen atoms in total. The number of nitrogens with zero attached hydrogens (tertiary/aromatic N) is 1. The number of carboxylic acids is 1. The van der Waals surface area contributed by atoms with E-state index in [9.17, 15) is 14.7 Å². The van der Waals surface area contributed by atoms with Gasteiger partial charge in [-0.25, -0.2) is 0 Å². The molecule has 0 spiro atoms. The molecule has 3 aromatic carbocycles. The molecule has 7 rings (SSSR count). The van der Waals surface area contributed by atoms with Crippen LogP contribution in [0.25, 0.3) is 5.57 Å². The molecule has 4 aliphatic rings. The average molecular weight is 524 g/mol. The van der Waals surface area contributed by atoms with E-state index in [-0.39, 0.29) is 30.2 Å². The SMILES string of the molecule is C=C(C(=O)N1CC2(C(=O)O)C3CCC(c4cccc(OC)c43)C2C1c1ccc(C)cc1)c1ccccc1OC. The Kier molecular flexibility index (Phi) is 6.01. The van der Waals surface area contributed by atoms with Crippen molar-refractivity contribution < 1.29 is 24.2 Å². The molecular formula is C33H33NO5. The summed E-state index contributed by atoms with van der Waals surface area (Å²) in [4.78, 5) is 29.6. The minimum absolute atomic E-state index is 0.0140. The number of ether oxygens (including phenoxy) is 2. The number of likely N-dealkylation sites (tertiary alicyclic amines) is 1. The molecule has 1 saturated heterocycles. The molecule has 5 atom stereocenters. The summed E-state index contributed by atoms with van der Waals surface area (Å²) in [6, 6.07) is 21.1. The highest BCUT2D eigenvalue weighted by Crippen LogP contribution is 2.70. The number of fused-ring (bicyclic) bond motifs is 1. The van der Waals surface area contributed by atoms with Crippen LogP contribution in [0.4, 0.5) is 0 Å². The van der Waals surface area contributed by atoms with E-state index in [0.29, 0.717) is 16.9 Å². The van der Waals surface area contributed by atoms with E-state index < -0.39 is 17.4 Å². The third-order valence-electron chi connectivity index (χ3n) is 9.36. The van der Waals surface area contributed by atoms with Crippen molar-refractivity contribution in [1.29, 1.82) is 0 Å². The number of methoxy groups -OCH3 is 2. The van der Waals surface area contributed by atoms with Gasteiger partial charge in [-0.05, 0) is 48.9 Å². The highest BCUT2D eigenvalue weighted by molar-refractivity contribution is 6.19. The third-order valence-corrected chi connectivity index (χ3v) is 9.36. The van der Waals surface area contributed by atoms with Gasteiger partial charge in [-0.2, -0.15) is 0 Å². The Hall–Kier alpha value is -4.06. The minimum Gasteiger partial charge on any atom is -0.496 e. The van der Waals surface area contributed by atoms with Gasteiger partial charge in [0.1, 0.15) is 11.5 Å². The van der Waals surface area contributed by atoms with Gasteiger partial charge in [0.05, 0.1) is 25.7 Å². The molecule has 1 aliphatic heterocycles. The third kappa shape index (κ3) is 3.54. The summed E-state index contributed by atoms with van der Waals surface area (Å²) in [6.45, 7) is 6.32. The van der Waals surface area contributed by atoms with E-state index in [1.54, 1.807) is 25.2 Å². The van der Waals surface area contributed by atoms with Crippen LogP contribution in [-0.2, 0) is 9.59 Å². The van der Waals surface area contributed by atoms with Crippen molar-refractivity contribution >= 4 is 17.4 Å². The van der Waals surface area contributed by atoms with Gasteiger partial charge in [0.15, 0.2) is 0 Å². The fourth-order valence-corrected chi connectivity index (χ4v) is 7.74. The lowest BCUT2D eigenvalue weighted by Gasteiger charge is -2.53. The first-order valence-corrected chi connectivity index (χ1v) is 13.4. The summed E-state index contributed by atoms with van der Waals surface area (Å²) in [5.74, 6) is -0.391. The van der Waals surface area contributed by atoms with E-state index in [1.807, 2.05) is 61.5 Å². The van der Waals surface area contributed by atoms with Crippen LogP contribution in [0.3, 0.4) is 0 Å². The van der Waals surface area contributed by atoms with Gasteiger partial charge in [-0.15, -0.1) is 0 Å². The number of aryl methyl sites for hydroxylation is 1. The number of aliphatic carboxylic acids is 1. The second kappa shape index (κ2) is 9.30. The second-order valence-corrected chi connectivity index (χ2v) is 11.0. The quantitative estimate of drug-likeness (QED) is 0.403. The van der Waals surface area contributed by atoms with Crippen LogP contribution in [-0.4, -0.2) is 42.6 Å². The van der Waals surface area contributed by atoms with Gasteiger partial charge in [-0.1, -0.05) is 66.7 Å². The maximum Gasteiger partial charge on any atom is 0.312 e. The predicted octanol–water partition coefficient (Wildman–Crippen LogP) is 5.97. The Morgan fingerprint density at radius 3 is 2.33 bits per heavy atom. The number of carbonyl (C=O) groups excluding carboxylic acids is 1. The summed E-state index contributed by atoms with van der Waals surface area (Å²) >= 11 is 0. The van der Waals surface area contributed by atoms with Crippen molar-refractivity contribution in [3.8, 4) is 11.5 Å². The molecule has 1 N–H and O–H groups in total. The number of hydrogen-bond donors (Lipinski definition) is 1. The van der Waals surface area contributed by atoms with Gasteiger partial charge in [0.25, 0.3) is 5.91 Å². The lowest BCUT2D eigenvalue weighted by molar-refractivity contribution is -0.156. The van der Waals surface area contributed by atoms with Crippen LogP contribution in [0.15, 0.2) is 73.3 Å². The molecule has 3 aliphatic carbocycles. The Morgan fingerprint density at radius 1 is 0.949 bits per heavy atom. The van der Waals surface area contributed by atoms with Gasteiger partial charge in [0, 0.05) is 35.1 Å². The van der Waals surface area contributed by atoms with Crippen molar-refractivity contribution in [2.45, 2.75) is 37.6 Å². The van der Waals surface area contributed by atoms with Crippen molar-refractivity contribution in [2.24, 2.45) is 11.3 Å². The molecule has 0 radical (unpaired) electrons. The summed E-state index contributed by atoms with van der Waals surface area (Å²) in [7, 11) is 3.21. The van der Waals surface area contributed by atoms with Crippen LogP contribution in [0.2, 0.25) is 0 Å². The first-order chi connectivity index (χ1) is 18.8. The van der Waals surface area contributed by atoms with E-state index in [0.717, 1.165) is 40.8 Å². The highest BCUT2D eigenvalue weighted by atomic mass is 16.5. The lowest BCUT2D eigenvalue weighted by atomic mass is 9.48. The fraction of sp³-hybridized carbons (Fsp3) is 0.333. The number of benzene rings is 3. The van der Waals surface area contributed by atoms with Crippen molar-refractivity contribution in [2.75, 3.05) is 20.8 Å². The molecule has 1 saturated carbocycles. The van der Waals surface area contributed by atoms with E-state index in [1.165, 1.54) is 0 Å². The minimum atomic E-state index is -1.14. The first-order valence-electron chi connectivity index (χ1n) is 13.4. The van der Waals surface area contributed by atoms with Crippen molar-refractivity contribution in [3.63, 3.8) is 0 Å². The van der Waals surface area contributed by atoms with Gasteiger partial charge in [-0.3, -0.25) is 9.59 Å². The number of carboxylic acid groups (broad SMARTS) is 1. The zero-order valence-corrected chi connectivity index (χ0v) is 22.5. The molecule has 200 valence electrons. The van der Waals surface area contributed by atoms with Crippen molar-refractivity contribution in [1.82, 2.24) is 4.90 Å². The maximum atomic E-state index is 14.4. The normalized spacial score (nSPS) is 26.5. The largest absolute Gasteiger partial charge is 0.496 e. The van der Waals surface area contributed by atoms with E-state index in [2.05, 4.69) is 12.6 Å². The topological polar surface area (TPSA) is 76.1 Å². The Morgan fingerprint density at radius 2 is 1.64 bits per heavy atom. The van der Waals surface area contributed by atoms with Crippen LogP contribution >= 0.6 is 0 Å². The molecule has 5 unspecified atom stereocenters. The summed E-state index contributed by atoms with van der Waals surface area (Å²) in [5, 5.41) is 11.0. The fourth-order valence-electron chi connectivity index (χ4n) is 7.74. The summed E-state index contributed by atoms with van der Waals surface area (Å²) < 4.78 is 11.3. The molecule has 2 bridgehead atoms. The number of para-hydroxylation sites is 1. The van der Waals surface area contributed by atoms with Gasteiger partial charge >= 0.3 is 5.97 Å². The first kappa shape index (κ1) is 25.2. The highest BCUT2D eigenvalue weighted by Gasteiger charge is 2.69. The molecule has 39 heavy (non-hydrogen) atoms. The summed E-state index contributed by atoms with van der Waals surface area (Å²) in [5.41, 5.74) is 3.98. The number of carbonyl (C=O) groups is 2. The molecular weight excluding hydrogens is 490 g/mol. The van der Waals surface area contributed by atoms with E-state index in [4.69, 9.17) is 9.47 Å². The van der Waals surface area contributed by atoms with Crippen LogP contribution in [0.1, 0.15) is 58.5 Å². The Balaban J connectivity index is 1.54. The number of hydrogen-bond acceptors (Lipinski definition) is 4. The number of rotatable bonds is 6.